The van der Waals surface area contributed by atoms with E-state index in [2.05, 4.69) is 0 Å². The van der Waals surface area contributed by atoms with Gasteiger partial charge in [0.1, 0.15) is 11.6 Å². The second-order valence-electron chi connectivity index (χ2n) is 2.63. The molecule has 3 heteroatoms. The van der Waals surface area contributed by atoms with Gasteiger partial charge in [-0.2, -0.15) is 0 Å². The van der Waals surface area contributed by atoms with Crippen LogP contribution in [-0.4, -0.2) is 12.4 Å². The van der Waals surface area contributed by atoms with Crippen molar-refractivity contribution in [1.29, 1.82) is 0 Å². The lowest BCUT2D eigenvalue weighted by Crippen LogP contribution is -1.98. The van der Waals surface area contributed by atoms with Crippen LogP contribution in [0.1, 0.15) is 24.2 Å². The number of carbonyl (C=O) groups is 1. The van der Waals surface area contributed by atoms with Crippen LogP contribution >= 0.6 is 0 Å². The van der Waals surface area contributed by atoms with Gasteiger partial charge in [0.25, 0.3) is 0 Å². The van der Waals surface area contributed by atoms with Crippen LogP contribution in [0.25, 0.3) is 0 Å². The SMILES string of the molecule is CCOc1ccc(C(C)=O)c(F)c1. The normalized spacial score (nSPS) is 9.77. The van der Waals surface area contributed by atoms with Crippen LogP contribution in [0, 0.1) is 5.82 Å². The molecule has 0 amide bonds. The summed E-state index contributed by atoms with van der Waals surface area (Å²) in [6, 6.07) is 4.24. The van der Waals surface area contributed by atoms with E-state index in [-0.39, 0.29) is 11.3 Å². The maximum Gasteiger partial charge on any atom is 0.162 e. The highest BCUT2D eigenvalue weighted by Gasteiger charge is 2.07. The van der Waals surface area contributed by atoms with E-state index in [0.29, 0.717) is 12.4 Å². The molecule has 0 unspecified atom stereocenters. The first kappa shape index (κ1) is 9.71. The van der Waals surface area contributed by atoms with E-state index in [4.69, 9.17) is 4.74 Å². The Morgan fingerprint density at radius 2 is 2.23 bits per heavy atom. The number of carbonyl (C=O) groups excluding carboxylic acids is 1. The Hall–Kier alpha value is -1.38. The summed E-state index contributed by atoms with van der Waals surface area (Å²) in [5.41, 5.74) is 0.100. The van der Waals surface area contributed by atoms with Crippen LogP contribution in [0.2, 0.25) is 0 Å². The summed E-state index contributed by atoms with van der Waals surface area (Å²) in [6.07, 6.45) is 0. The molecule has 1 rings (SSSR count). The van der Waals surface area contributed by atoms with Crippen LogP contribution in [0.4, 0.5) is 4.39 Å². The summed E-state index contributed by atoms with van der Waals surface area (Å²) in [6.45, 7) is 3.63. The summed E-state index contributed by atoms with van der Waals surface area (Å²) in [5, 5.41) is 0. The number of rotatable bonds is 3. The summed E-state index contributed by atoms with van der Waals surface area (Å²) < 4.78 is 18.2. The summed E-state index contributed by atoms with van der Waals surface area (Å²) in [4.78, 5) is 10.9. The van der Waals surface area contributed by atoms with E-state index in [1.165, 1.54) is 19.1 Å². The number of benzene rings is 1. The van der Waals surface area contributed by atoms with Crippen molar-refractivity contribution in [2.75, 3.05) is 6.61 Å². The van der Waals surface area contributed by atoms with Gasteiger partial charge in [-0.1, -0.05) is 0 Å². The van der Waals surface area contributed by atoms with Crippen molar-refractivity contribution in [2.24, 2.45) is 0 Å². The number of Topliss-reactive ketones (excluding diaryl/α,β-unsaturated/α-hetero) is 1. The first-order chi connectivity index (χ1) is 6.15. The molecule has 0 spiro atoms. The molecule has 13 heavy (non-hydrogen) atoms. The largest absolute Gasteiger partial charge is 0.494 e. The van der Waals surface area contributed by atoms with Crippen LogP contribution < -0.4 is 4.74 Å². The minimum Gasteiger partial charge on any atom is -0.494 e. The Morgan fingerprint density at radius 1 is 1.54 bits per heavy atom. The van der Waals surface area contributed by atoms with Crippen molar-refractivity contribution in [3.8, 4) is 5.75 Å². The molecule has 70 valence electrons. The van der Waals surface area contributed by atoms with Crippen molar-refractivity contribution >= 4 is 5.78 Å². The molecule has 0 aromatic heterocycles. The summed E-state index contributed by atoms with van der Waals surface area (Å²) in [7, 11) is 0. The van der Waals surface area contributed by atoms with Gasteiger partial charge in [-0.3, -0.25) is 4.79 Å². The van der Waals surface area contributed by atoms with Gasteiger partial charge in [-0.15, -0.1) is 0 Å². The van der Waals surface area contributed by atoms with E-state index in [1.807, 2.05) is 6.92 Å². The van der Waals surface area contributed by atoms with Gasteiger partial charge in [-0.05, 0) is 26.0 Å². The highest BCUT2D eigenvalue weighted by atomic mass is 19.1. The minimum absolute atomic E-state index is 0.100. The maximum absolute atomic E-state index is 13.1. The number of ether oxygens (including phenoxy) is 1. The fourth-order valence-electron chi connectivity index (χ4n) is 1.04. The van der Waals surface area contributed by atoms with E-state index >= 15 is 0 Å². The van der Waals surface area contributed by atoms with Crippen molar-refractivity contribution < 1.29 is 13.9 Å². The second kappa shape index (κ2) is 4.03. The zero-order chi connectivity index (χ0) is 9.84. The van der Waals surface area contributed by atoms with E-state index < -0.39 is 5.82 Å². The Labute approximate surface area is 76.3 Å². The maximum atomic E-state index is 13.1. The topological polar surface area (TPSA) is 26.3 Å². The minimum atomic E-state index is -0.529. The van der Waals surface area contributed by atoms with Gasteiger partial charge in [0.2, 0.25) is 0 Å². The van der Waals surface area contributed by atoms with Crippen molar-refractivity contribution in [1.82, 2.24) is 0 Å². The molecule has 1 aromatic carbocycles. The number of halogens is 1. The number of ketones is 1. The molecule has 0 fully saturated rings. The molecule has 0 atom stereocenters. The molecule has 0 radical (unpaired) electrons. The third-order valence-corrected chi connectivity index (χ3v) is 1.63. The monoisotopic (exact) mass is 182 g/mol. The van der Waals surface area contributed by atoms with Crippen LogP contribution in [-0.2, 0) is 0 Å². The first-order valence-electron chi connectivity index (χ1n) is 4.08. The van der Waals surface area contributed by atoms with E-state index in [0.717, 1.165) is 0 Å². The molecule has 0 bridgehead atoms. The van der Waals surface area contributed by atoms with Crippen molar-refractivity contribution in [3.05, 3.63) is 29.6 Å². The highest BCUT2D eigenvalue weighted by molar-refractivity contribution is 5.94. The molecule has 0 heterocycles. The van der Waals surface area contributed by atoms with Gasteiger partial charge < -0.3 is 4.74 Å². The molecule has 0 aliphatic rings. The van der Waals surface area contributed by atoms with Gasteiger partial charge in [0, 0.05) is 6.07 Å². The molecule has 2 nitrogen and oxygen atoms in total. The Balaban J connectivity index is 2.98. The molecular weight excluding hydrogens is 171 g/mol. The van der Waals surface area contributed by atoms with Crippen molar-refractivity contribution in [2.45, 2.75) is 13.8 Å². The van der Waals surface area contributed by atoms with Crippen LogP contribution in [0.5, 0.6) is 5.75 Å². The summed E-state index contributed by atoms with van der Waals surface area (Å²) >= 11 is 0. The molecule has 0 aliphatic heterocycles. The number of hydrogen-bond donors (Lipinski definition) is 0. The third kappa shape index (κ3) is 2.28. The first-order valence-corrected chi connectivity index (χ1v) is 4.08. The van der Waals surface area contributed by atoms with Gasteiger partial charge in [0.05, 0.1) is 12.2 Å². The average Bonchev–Trinajstić information content (AvgIpc) is 2.04. The Bertz CT molecular complexity index is 321. The average molecular weight is 182 g/mol. The smallest absolute Gasteiger partial charge is 0.162 e. The van der Waals surface area contributed by atoms with Crippen molar-refractivity contribution in [3.63, 3.8) is 0 Å². The lowest BCUT2D eigenvalue weighted by atomic mass is 10.1. The van der Waals surface area contributed by atoms with E-state index in [9.17, 15) is 9.18 Å². The molecule has 0 saturated heterocycles. The highest BCUT2D eigenvalue weighted by Crippen LogP contribution is 2.16. The fraction of sp³-hybridized carbons (Fsp3) is 0.300. The lowest BCUT2D eigenvalue weighted by molar-refractivity contribution is 0.101. The fourth-order valence-corrected chi connectivity index (χ4v) is 1.04. The zero-order valence-electron chi connectivity index (χ0n) is 7.63. The quantitative estimate of drug-likeness (QED) is 0.671. The third-order valence-electron chi connectivity index (χ3n) is 1.63. The molecule has 1 aromatic rings. The zero-order valence-corrected chi connectivity index (χ0v) is 7.63. The van der Waals surface area contributed by atoms with Crippen LogP contribution in [0.15, 0.2) is 18.2 Å². The van der Waals surface area contributed by atoms with E-state index in [1.54, 1.807) is 6.07 Å². The molecule has 0 saturated carbocycles. The second-order valence-corrected chi connectivity index (χ2v) is 2.63. The Morgan fingerprint density at radius 3 is 2.69 bits per heavy atom. The van der Waals surface area contributed by atoms with Crippen LogP contribution in [0.3, 0.4) is 0 Å². The summed E-state index contributed by atoms with van der Waals surface area (Å²) in [5.74, 6) is -0.357. The predicted octanol–water partition coefficient (Wildman–Crippen LogP) is 2.43. The predicted molar refractivity (Wildman–Crippen MR) is 47.6 cm³/mol. The molecule has 0 aliphatic carbocycles. The molecule has 0 N–H and O–H groups in total. The number of hydrogen-bond acceptors (Lipinski definition) is 2. The lowest BCUT2D eigenvalue weighted by Gasteiger charge is -2.04. The Kier molecular flexibility index (Phi) is 3.01. The van der Waals surface area contributed by atoms with Gasteiger partial charge >= 0.3 is 0 Å². The van der Waals surface area contributed by atoms with Gasteiger partial charge in [0.15, 0.2) is 5.78 Å². The van der Waals surface area contributed by atoms with Gasteiger partial charge in [-0.25, -0.2) is 4.39 Å². The standard InChI is InChI=1S/C10H11FO2/c1-3-13-8-4-5-9(7(2)12)10(11)6-8/h4-6H,3H2,1-2H3. The molecular formula is C10H11FO2.